The number of phosphoric ester groups is 1. The summed E-state index contributed by atoms with van der Waals surface area (Å²) in [6.07, 6.45) is 11.4. The summed E-state index contributed by atoms with van der Waals surface area (Å²) in [7, 11) is -4.64. The van der Waals surface area contributed by atoms with Gasteiger partial charge in [0.25, 0.3) is 0 Å². The van der Waals surface area contributed by atoms with Crippen molar-refractivity contribution in [3.05, 3.63) is 56.6 Å². The first kappa shape index (κ1) is 25.9. The van der Waals surface area contributed by atoms with Crippen molar-refractivity contribution in [1.29, 1.82) is 0 Å². The first-order valence-electron chi connectivity index (χ1n) is 11.7. The molecule has 5 rings (SSSR count). The fourth-order valence-electron chi connectivity index (χ4n) is 5.71. The Morgan fingerprint density at radius 3 is 1.52 bits per heavy atom. The van der Waals surface area contributed by atoms with Crippen molar-refractivity contribution >= 4 is 31.0 Å². The molecule has 1 aliphatic heterocycles. The van der Waals surface area contributed by atoms with Crippen LogP contribution in [0.1, 0.15) is 98.3 Å². The standard InChI is InChI=1S/C25H29Cl2O4P.Na/c26-20-12-18-11-19-13-21(27)15-23(17-9-5-2-6-10-17)25(19)31-32(28,29)30-24(18)22(14-20)16-7-3-1-4-8-16;/h12-17H,1-11H2,(H,28,29);/q;+1/p-1. The van der Waals surface area contributed by atoms with Gasteiger partial charge in [-0.2, -0.15) is 0 Å². The van der Waals surface area contributed by atoms with Crippen LogP contribution < -0.4 is 43.5 Å². The molecule has 0 saturated heterocycles. The molecule has 2 aliphatic carbocycles. The second-order valence-electron chi connectivity index (χ2n) is 9.44. The predicted octanol–water partition coefficient (Wildman–Crippen LogP) is 4.92. The fourth-order valence-corrected chi connectivity index (χ4v) is 7.14. The van der Waals surface area contributed by atoms with Gasteiger partial charge in [0.1, 0.15) is 11.5 Å². The summed E-state index contributed by atoms with van der Waals surface area (Å²) in [6.45, 7) is 0. The SMILES string of the molecule is O=P1([O-])Oc2c(cc(Cl)cc2C2CCCCC2)Cc2cc(Cl)cc(C3CCCCC3)c2O1.[Na+]. The molecular formula is C25H28Cl2NaO4P. The number of halogens is 2. The molecule has 172 valence electrons. The third kappa shape index (κ3) is 5.80. The second kappa shape index (κ2) is 10.8. The maximum atomic E-state index is 13.1. The van der Waals surface area contributed by atoms with Crippen molar-refractivity contribution in [3.63, 3.8) is 0 Å². The van der Waals surface area contributed by atoms with Gasteiger partial charge >= 0.3 is 37.4 Å². The van der Waals surface area contributed by atoms with Gasteiger partial charge in [-0.25, -0.2) is 4.57 Å². The van der Waals surface area contributed by atoms with E-state index in [0.717, 1.165) is 73.6 Å². The smallest absolute Gasteiger partial charge is 0.736 e. The van der Waals surface area contributed by atoms with Gasteiger partial charge in [0.15, 0.2) is 0 Å². The van der Waals surface area contributed by atoms with Crippen LogP contribution >= 0.6 is 31.0 Å². The monoisotopic (exact) mass is 516 g/mol. The van der Waals surface area contributed by atoms with Crippen LogP contribution in [0, 0.1) is 0 Å². The van der Waals surface area contributed by atoms with Crippen LogP contribution in [0.5, 0.6) is 11.5 Å². The Morgan fingerprint density at radius 1 is 0.727 bits per heavy atom. The van der Waals surface area contributed by atoms with Crippen LogP contribution in [-0.4, -0.2) is 0 Å². The fraction of sp³-hybridized carbons (Fsp3) is 0.520. The average molecular weight is 517 g/mol. The number of fused-ring (bicyclic) bond motifs is 2. The van der Waals surface area contributed by atoms with Gasteiger partial charge in [-0.05, 0) is 72.9 Å². The number of rotatable bonds is 2. The molecule has 0 spiro atoms. The molecule has 0 amide bonds. The molecule has 0 bridgehead atoms. The summed E-state index contributed by atoms with van der Waals surface area (Å²) in [4.78, 5) is 13.1. The van der Waals surface area contributed by atoms with Crippen molar-refractivity contribution in [2.45, 2.75) is 82.5 Å². The Hall–Kier alpha value is -0.190. The third-order valence-corrected chi connectivity index (χ3v) is 8.44. The number of hydrogen-bond acceptors (Lipinski definition) is 4. The Kier molecular flexibility index (Phi) is 8.49. The van der Waals surface area contributed by atoms with Crippen molar-refractivity contribution in [2.75, 3.05) is 0 Å². The number of phosphoric acid groups is 1. The third-order valence-electron chi connectivity index (χ3n) is 7.20. The number of hydrogen-bond donors (Lipinski definition) is 0. The topological polar surface area (TPSA) is 58.6 Å². The normalized spacial score (nSPS) is 20.8. The quantitative estimate of drug-likeness (QED) is 0.419. The largest absolute Gasteiger partial charge is 1.00 e. The van der Waals surface area contributed by atoms with E-state index in [0.29, 0.717) is 28.0 Å². The second-order valence-corrected chi connectivity index (χ2v) is 11.6. The molecular weight excluding hydrogens is 489 g/mol. The molecule has 2 aromatic carbocycles. The Morgan fingerprint density at radius 2 is 1.12 bits per heavy atom. The summed E-state index contributed by atoms with van der Waals surface area (Å²) in [5.74, 6) is 1.27. The van der Waals surface area contributed by atoms with E-state index >= 15 is 0 Å². The molecule has 4 nitrogen and oxygen atoms in total. The van der Waals surface area contributed by atoms with Crippen LogP contribution in [0.2, 0.25) is 10.0 Å². The van der Waals surface area contributed by atoms with Crippen LogP contribution in [0.15, 0.2) is 24.3 Å². The predicted molar refractivity (Wildman–Crippen MR) is 126 cm³/mol. The van der Waals surface area contributed by atoms with Crippen molar-refractivity contribution in [1.82, 2.24) is 0 Å². The van der Waals surface area contributed by atoms with E-state index in [9.17, 15) is 9.46 Å². The van der Waals surface area contributed by atoms with Crippen molar-refractivity contribution in [2.24, 2.45) is 0 Å². The molecule has 2 fully saturated rings. The van der Waals surface area contributed by atoms with Gasteiger partial charge in [0.05, 0.1) is 0 Å². The summed E-state index contributed by atoms with van der Waals surface area (Å²) >= 11 is 13.0. The van der Waals surface area contributed by atoms with E-state index in [1.807, 2.05) is 24.3 Å². The summed E-state index contributed by atoms with van der Waals surface area (Å²) < 4.78 is 24.5. The Labute approximate surface area is 228 Å². The Bertz CT molecular complexity index is 985. The Balaban J connectivity index is 0.00000259. The number of benzene rings is 2. The van der Waals surface area contributed by atoms with Gasteiger partial charge in [-0.3, -0.25) is 0 Å². The van der Waals surface area contributed by atoms with E-state index in [1.165, 1.54) is 12.8 Å². The molecule has 33 heavy (non-hydrogen) atoms. The molecule has 0 N–H and O–H groups in total. The van der Waals surface area contributed by atoms with Crippen molar-refractivity contribution in [3.8, 4) is 11.5 Å². The summed E-state index contributed by atoms with van der Waals surface area (Å²) in [6, 6.07) is 7.37. The molecule has 0 unspecified atom stereocenters. The van der Waals surface area contributed by atoms with Gasteiger partial charge in [-0.15, -0.1) is 0 Å². The van der Waals surface area contributed by atoms with Crippen LogP contribution in [0.4, 0.5) is 0 Å². The zero-order valence-electron chi connectivity index (χ0n) is 19.1. The van der Waals surface area contributed by atoms with Crippen molar-refractivity contribution < 1.29 is 48.1 Å². The zero-order valence-corrected chi connectivity index (χ0v) is 23.5. The first-order valence-corrected chi connectivity index (χ1v) is 14.0. The molecule has 3 aliphatic rings. The van der Waals surface area contributed by atoms with Crippen LogP contribution in [0.25, 0.3) is 0 Å². The molecule has 1 heterocycles. The van der Waals surface area contributed by atoms with Crippen LogP contribution in [0.3, 0.4) is 0 Å². The van der Waals surface area contributed by atoms with E-state index in [4.69, 9.17) is 32.2 Å². The molecule has 2 saturated carbocycles. The average Bonchev–Trinajstić information content (AvgIpc) is 2.77. The van der Waals surface area contributed by atoms with Gasteiger partial charge in [-0.1, -0.05) is 61.7 Å². The molecule has 2 aromatic rings. The summed E-state index contributed by atoms with van der Waals surface area (Å²) in [5.41, 5.74) is 3.31. The maximum Gasteiger partial charge on any atom is 1.00 e. The maximum absolute atomic E-state index is 13.1. The van der Waals surface area contributed by atoms with Gasteiger partial charge in [0, 0.05) is 27.6 Å². The van der Waals surface area contributed by atoms with E-state index in [2.05, 4.69) is 0 Å². The zero-order chi connectivity index (χ0) is 22.3. The van der Waals surface area contributed by atoms with E-state index in [-0.39, 0.29) is 41.4 Å². The van der Waals surface area contributed by atoms with E-state index < -0.39 is 7.82 Å². The van der Waals surface area contributed by atoms with E-state index in [1.54, 1.807) is 0 Å². The minimum absolute atomic E-state index is 0. The minimum Gasteiger partial charge on any atom is -0.736 e. The van der Waals surface area contributed by atoms with Crippen LogP contribution in [-0.2, 0) is 11.0 Å². The van der Waals surface area contributed by atoms with Gasteiger partial charge in [0.2, 0.25) is 0 Å². The minimum atomic E-state index is -4.64. The molecule has 0 aromatic heterocycles. The summed E-state index contributed by atoms with van der Waals surface area (Å²) in [5, 5.41) is 1.21. The first-order chi connectivity index (χ1) is 15.4. The molecule has 8 heteroatoms. The molecule has 0 atom stereocenters. The van der Waals surface area contributed by atoms with Gasteiger partial charge < -0.3 is 13.9 Å². The molecule has 0 radical (unpaired) electrons.